The number of hydrogen-bond donors (Lipinski definition) is 0. The van der Waals surface area contributed by atoms with Crippen LogP contribution in [0.25, 0.3) is 11.1 Å². The first-order chi connectivity index (χ1) is 8.13. The van der Waals surface area contributed by atoms with Crippen molar-refractivity contribution in [3.8, 4) is 17.2 Å². The second kappa shape index (κ2) is 4.52. The smallest absolute Gasteiger partial charge is 0.147 e. The number of halogens is 2. The summed E-state index contributed by atoms with van der Waals surface area (Å²) >= 11 is 5.80. The molecule has 0 amide bonds. The van der Waals surface area contributed by atoms with E-state index in [1.54, 1.807) is 31.2 Å². The second-order valence-electron chi connectivity index (χ2n) is 3.55. The zero-order chi connectivity index (χ0) is 12.4. The van der Waals surface area contributed by atoms with Gasteiger partial charge < -0.3 is 0 Å². The summed E-state index contributed by atoms with van der Waals surface area (Å²) in [5, 5.41) is 9.03. The van der Waals surface area contributed by atoms with Gasteiger partial charge in [-0.15, -0.1) is 0 Å². The summed E-state index contributed by atoms with van der Waals surface area (Å²) < 4.78 is 13.6. The number of nitrogens with zero attached hydrogens (tertiary/aromatic N) is 2. The average molecular weight is 247 g/mol. The van der Waals surface area contributed by atoms with Crippen LogP contribution >= 0.6 is 11.6 Å². The lowest BCUT2D eigenvalue weighted by atomic mass is 10.0. The summed E-state index contributed by atoms with van der Waals surface area (Å²) in [6.45, 7) is 1.73. The van der Waals surface area contributed by atoms with Gasteiger partial charge in [-0.2, -0.15) is 5.26 Å². The van der Waals surface area contributed by atoms with Gasteiger partial charge in [0.25, 0.3) is 0 Å². The molecule has 1 aromatic heterocycles. The molecule has 0 radical (unpaired) electrons. The van der Waals surface area contributed by atoms with E-state index in [4.69, 9.17) is 16.9 Å². The molecule has 2 aromatic rings. The van der Waals surface area contributed by atoms with Crippen molar-refractivity contribution in [3.63, 3.8) is 0 Å². The van der Waals surface area contributed by atoms with E-state index in [0.717, 1.165) is 0 Å². The molecule has 0 aliphatic rings. The van der Waals surface area contributed by atoms with E-state index in [1.807, 2.05) is 6.07 Å². The first kappa shape index (κ1) is 11.6. The van der Waals surface area contributed by atoms with Crippen LogP contribution in [0, 0.1) is 24.1 Å². The molecule has 0 aliphatic heterocycles. The van der Waals surface area contributed by atoms with Gasteiger partial charge in [-0.1, -0.05) is 29.8 Å². The van der Waals surface area contributed by atoms with Crippen LogP contribution in [0.3, 0.4) is 0 Å². The van der Waals surface area contributed by atoms with Crippen molar-refractivity contribution in [2.24, 2.45) is 0 Å². The Balaban J connectivity index is 2.69. The topological polar surface area (TPSA) is 36.7 Å². The molecule has 17 heavy (non-hydrogen) atoms. The highest BCUT2D eigenvalue weighted by Gasteiger charge is 2.11. The molecule has 1 aromatic carbocycles. The molecule has 0 spiro atoms. The molecule has 0 aliphatic carbocycles. The summed E-state index contributed by atoms with van der Waals surface area (Å²) in [5.41, 5.74) is 1.85. The van der Waals surface area contributed by atoms with E-state index in [-0.39, 0.29) is 16.5 Å². The van der Waals surface area contributed by atoms with Gasteiger partial charge >= 0.3 is 0 Å². The minimum Gasteiger partial charge on any atom is -0.239 e. The molecule has 0 N–H and O–H groups in total. The monoisotopic (exact) mass is 246 g/mol. The van der Waals surface area contributed by atoms with Crippen LogP contribution < -0.4 is 0 Å². The molecule has 0 unspecified atom stereocenters. The Morgan fingerprint density at radius 2 is 2.00 bits per heavy atom. The molecule has 2 rings (SSSR count). The Labute approximate surface area is 103 Å². The first-order valence-electron chi connectivity index (χ1n) is 4.95. The predicted octanol–water partition coefficient (Wildman–Crippen LogP) is 3.72. The van der Waals surface area contributed by atoms with Gasteiger partial charge in [0.1, 0.15) is 17.0 Å². The van der Waals surface area contributed by atoms with Gasteiger partial charge in [0.15, 0.2) is 0 Å². The maximum absolute atomic E-state index is 13.6. The van der Waals surface area contributed by atoms with Crippen LogP contribution in [0.4, 0.5) is 4.39 Å². The van der Waals surface area contributed by atoms with E-state index in [9.17, 15) is 4.39 Å². The van der Waals surface area contributed by atoms with Gasteiger partial charge in [0.2, 0.25) is 0 Å². The standard InChI is InChI=1S/C13H8ClFN2/c1-8-11(6-9(7-16)13(14)17-8)10-4-2-3-5-12(10)15/h2-6H,1H3. The second-order valence-corrected chi connectivity index (χ2v) is 3.91. The summed E-state index contributed by atoms with van der Waals surface area (Å²) in [4.78, 5) is 4.04. The fourth-order valence-electron chi connectivity index (χ4n) is 1.61. The van der Waals surface area contributed by atoms with Crippen LogP contribution in [0.5, 0.6) is 0 Å². The quantitative estimate of drug-likeness (QED) is 0.719. The largest absolute Gasteiger partial charge is 0.239 e. The van der Waals surface area contributed by atoms with Gasteiger partial charge in [-0.3, -0.25) is 0 Å². The van der Waals surface area contributed by atoms with Crippen molar-refractivity contribution in [3.05, 3.63) is 52.6 Å². The average Bonchev–Trinajstić information content (AvgIpc) is 2.31. The summed E-state index contributed by atoms with van der Waals surface area (Å²) in [6.07, 6.45) is 0. The number of nitriles is 1. The van der Waals surface area contributed by atoms with Gasteiger partial charge in [-0.05, 0) is 19.1 Å². The van der Waals surface area contributed by atoms with Gasteiger partial charge in [-0.25, -0.2) is 9.37 Å². The highest BCUT2D eigenvalue weighted by Crippen LogP contribution is 2.28. The number of pyridine rings is 1. The highest BCUT2D eigenvalue weighted by atomic mass is 35.5. The minimum atomic E-state index is -0.344. The minimum absolute atomic E-state index is 0.144. The van der Waals surface area contributed by atoms with Crippen LogP contribution in [0.2, 0.25) is 5.15 Å². The molecule has 4 heteroatoms. The fourth-order valence-corrected chi connectivity index (χ4v) is 1.83. The number of aromatic nitrogens is 1. The highest BCUT2D eigenvalue weighted by molar-refractivity contribution is 6.30. The Hall–Kier alpha value is -1.92. The fraction of sp³-hybridized carbons (Fsp3) is 0.0769. The van der Waals surface area contributed by atoms with Crippen LogP contribution in [-0.4, -0.2) is 4.98 Å². The van der Waals surface area contributed by atoms with Gasteiger partial charge in [0.05, 0.1) is 5.56 Å². The van der Waals surface area contributed by atoms with Crippen molar-refractivity contribution < 1.29 is 4.39 Å². The molecule has 1 heterocycles. The van der Waals surface area contributed by atoms with Crippen molar-refractivity contribution in [2.45, 2.75) is 6.92 Å². The maximum atomic E-state index is 13.6. The van der Waals surface area contributed by atoms with E-state index < -0.39 is 0 Å². The zero-order valence-electron chi connectivity index (χ0n) is 9.04. The van der Waals surface area contributed by atoms with Crippen LogP contribution in [-0.2, 0) is 0 Å². The molecular weight excluding hydrogens is 239 g/mol. The van der Waals surface area contributed by atoms with Gasteiger partial charge in [0, 0.05) is 16.8 Å². The number of rotatable bonds is 1. The lowest BCUT2D eigenvalue weighted by Crippen LogP contribution is -1.94. The van der Waals surface area contributed by atoms with Crippen molar-refractivity contribution in [2.75, 3.05) is 0 Å². The predicted molar refractivity (Wildman–Crippen MR) is 64.1 cm³/mol. The van der Waals surface area contributed by atoms with Crippen molar-refractivity contribution >= 4 is 11.6 Å². The Morgan fingerprint density at radius 3 is 2.65 bits per heavy atom. The van der Waals surface area contributed by atoms with Crippen molar-refractivity contribution in [1.29, 1.82) is 5.26 Å². The molecule has 0 saturated heterocycles. The third-order valence-corrected chi connectivity index (χ3v) is 2.74. The number of benzene rings is 1. The third-order valence-electron chi connectivity index (χ3n) is 2.45. The van der Waals surface area contributed by atoms with Crippen molar-refractivity contribution in [1.82, 2.24) is 4.98 Å². The maximum Gasteiger partial charge on any atom is 0.147 e. The lowest BCUT2D eigenvalue weighted by molar-refractivity contribution is 0.631. The van der Waals surface area contributed by atoms with E-state index >= 15 is 0 Å². The zero-order valence-corrected chi connectivity index (χ0v) is 9.79. The molecule has 0 bridgehead atoms. The summed E-state index contributed by atoms with van der Waals surface area (Å²) in [5.74, 6) is -0.344. The Morgan fingerprint density at radius 1 is 1.29 bits per heavy atom. The SMILES string of the molecule is Cc1nc(Cl)c(C#N)cc1-c1ccccc1F. The van der Waals surface area contributed by atoms with Crippen LogP contribution in [0.1, 0.15) is 11.3 Å². The Bertz CT molecular complexity index is 617. The molecule has 0 fully saturated rings. The molecule has 2 nitrogen and oxygen atoms in total. The van der Waals surface area contributed by atoms with Crippen LogP contribution in [0.15, 0.2) is 30.3 Å². The first-order valence-corrected chi connectivity index (χ1v) is 5.33. The molecule has 0 atom stereocenters. The normalized spacial score (nSPS) is 10.0. The molecule has 0 saturated carbocycles. The van der Waals surface area contributed by atoms with E-state index in [2.05, 4.69) is 4.98 Å². The molecule has 84 valence electrons. The number of hydrogen-bond acceptors (Lipinski definition) is 2. The summed E-state index contributed by atoms with van der Waals surface area (Å²) in [7, 11) is 0. The Kier molecular flexibility index (Phi) is 3.08. The summed E-state index contributed by atoms with van der Waals surface area (Å²) in [6, 6.07) is 9.86. The third kappa shape index (κ3) is 2.13. The molecular formula is C13H8ClFN2. The van der Waals surface area contributed by atoms with E-state index in [0.29, 0.717) is 16.8 Å². The van der Waals surface area contributed by atoms with E-state index in [1.165, 1.54) is 6.07 Å². The lowest BCUT2D eigenvalue weighted by Gasteiger charge is -2.07. The number of aryl methyl sites for hydroxylation is 1.